The highest BCUT2D eigenvalue weighted by Crippen LogP contribution is 2.32. The predicted molar refractivity (Wildman–Crippen MR) is 68.8 cm³/mol. The molecule has 118 valence electrons. The number of halogens is 4. The van der Waals surface area contributed by atoms with Crippen LogP contribution in [0.5, 0.6) is 0 Å². The van der Waals surface area contributed by atoms with Crippen LogP contribution in [-0.2, 0) is 9.53 Å². The van der Waals surface area contributed by atoms with Gasteiger partial charge in [-0.2, -0.15) is 13.2 Å². The van der Waals surface area contributed by atoms with E-state index >= 15 is 0 Å². The predicted octanol–water partition coefficient (Wildman–Crippen LogP) is 2.35. The Bertz CT molecular complexity index is 542. The van der Waals surface area contributed by atoms with Crippen molar-refractivity contribution in [1.82, 2.24) is 0 Å². The molecule has 0 aromatic heterocycles. The molecule has 0 fully saturated rings. The minimum absolute atomic E-state index is 0. The Morgan fingerprint density at radius 3 is 2.57 bits per heavy atom. The van der Waals surface area contributed by atoms with Gasteiger partial charge in [0.05, 0.1) is 11.5 Å². The Morgan fingerprint density at radius 1 is 1.52 bits per heavy atom. The first-order valence-electron chi connectivity index (χ1n) is 5.46. The molecule has 21 heavy (non-hydrogen) atoms. The zero-order chi connectivity index (χ0) is 15.5. The van der Waals surface area contributed by atoms with Crippen molar-refractivity contribution in [3.63, 3.8) is 0 Å². The molecule has 0 saturated heterocycles. The molecule has 6 nitrogen and oxygen atoms in total. The smallest absolute Gasteiger partial charge is 0.379 e. The van der Waals surface area contributed by atoms with E-state index in [1.807, 2.05) is 0 Å². The quantitative estimate of drug-likeness (QED) is 0.508. The van der Waals surface area contributed by atoms with Crippen LogP contribution in [0.25, 0.3) is 0 Å². The van der Waals surface area contributed by atoms with E-state index in [-0.39, 0.29) is 19.0 Å². The van der Waals surface area contributed by atoms with Crippen molar-refractivity contribution >= 4 is 24.1 Å². The lowest BCUT2D eigenvalue weighted by molar-refractivity contribution is -0.387. The van der Waals surface area contributed by atoms with Crippen molar-refractivity contribution in [2.45, 2.75) is 18.9 Å². The lowest BCUT2D eigenvalue weighted by atomic mass is 10.0. The van der Waals surface area contributed by atoms with Crippen molar-refractivity contribution < 1.29 is 27.6 Å². The van der Waals surface area contributed by atoms with Gasteiger partial charge in [0.1, 0.15) is 6.04 Å². The molecule has 0 aliphatic rings. The molecule has 0 aliphatic heterocycles. The second kappa shape index (κ2) is 7.23. The molecular weight excluding hydrogens is 317 g/mol. The van der Waals surface area contributed by atoms with Crippen molar-refractivity contribution in [3.05, 3.63) is 39.7 Å². The van der Waals surface area contributed by atoms with Gasteiger partial charge in [-0.05, 0) is 18.6 Å². The molecule has 0 heterocycles. The summed E-state index contributed by atoms with van der Waals surface area (Å²) < 4.78 is 44.6. The third kappa shape index (κ3) is 4.05. The van der Waals surface area contributed by atoms with Gasteiger partial charge < -0.3 is 10.5 Å². The van der Waals surface area contributed by atoms with Crippen LogP contribution in [0.1, 0.15) is 18.5 Å². The SMILES string of the molecule is CCOC(=O)C(F)(F)[C@H](N)c1ccc(F)c([N+](=O)[O-])c1.Cl. The molecule has 0 radical (unpaired) electrons. The number of esters is 1. The molecule has 0 unspecified atom stereocenters. The number of nitrogens with zero attached hydrogens (tertiary/aromatic N) is 1. The average Bonchev–Trinajstić information content (AvgIpc) is 2.38. The number of nitro benzene ring substituents is 1. The highest BCUT2D eigenvalue weighted by molar-refractivity contribution is 5.85. The molecular formula is C11H12ClF3N2O4. The van der Waals surface area contributed by atoms with Crippen molar-refractivity contribution in [3.8, 4) is 0 Å². The van der Waals surface area contributed by atoms with Crippen LogP contribution in [-0.4, -0.2) is 23.4 Å². The largest absolute Gasteiger partial charge is 0.462 e. The molecule has 0 amide bonds. The second-order valence-electron chi connectivity index (χ2n) is 3.79. The molecule has 1 aromatic carbocycles. The maximum Gasteiger partial charge on any atom is 0.379 e. The number of benzene rings is 1. The topological polar surface area (TPSA) is 95.5 Å². The number of nitro groups is 1. The van der Waals surface area contributed by atoms with Gasteiger partial charge in [-0.15, -0.1) is 12.4 Å². The van der Waals surface area contributed by atoms with Crippen LogP contribution in [0.3, 0.4) is 0 Å². The highest BCUT2D eigenvalue weighted by Gasteiger charge is 2.48. The summed E-state index contributed by atoms with van der Waals surface area (Å²) in [7, 11) is 0. The van der Waals surface area contributed by atoms with Gasteiger partial charge in [-0.25, -0.2) is 4.79 Å². The number of alkyl halides is 2. The van der Waals surface area contributed by atoms with Crippen LogP contribution in [0.15, 0.2) is 18.2 Å². The van der Waals surface area contributed by atoms with Gasteiger partial charge in [0.15, 0.2) is 0 Å². The van der Waals surface area contributed by atoms with Crippen LogP contribution >= 0.6 is 12.4 Å². The minimum Gasteiger partial charge on any atom is -0.462 e. The second-order valence-corrected chi connectivity index (χ2v) is 3.79. The summed E-state index contributed by atoms with van der Waals surface area (Å²) in [6, 6.07) is -0.136. The molecule has 10 heteroatoms. The zero-order valence-electron chi connectivity index (χ0n) is 10.7. The normalized spacial score (nSPS) is 12.2. The summed E-state index contributed by atoms with van der Waals surface area (Å²) in [6.45, 7) is 1.06. The van der Waals surface area contributed by atoms with Crippen LogP contribution in [0, 0.1) is 15.9 Å². The van der Waals surface area contributed by atoms with Gasteiger partial charge in [-0.3, -0.25) is 10.1 Å². The fraction of sp³-hybridized carbons (Fsp3) is 0.364. The van der Waals surface area contributed by atoms with E-state index in [9.17, 15) is 28.1 Å². The van der Waals surface area contributed by atoms with Crippen LogP contribution in [0.2, 0.25) is 0 Å². The highest BCUT2D eigenvalue weighted by atomic mass is 35.5. The monoisotopic (exact) mass is 328 g/mol. The van der Waals surface area contributed by atoms with Crippen molar-refractivity contribution in [2.75, 3.05) is 6.61 Å². The average molecular weight is 329 g/mol. The summed E-state index contributed by atoms with van der Waals surface area (Å²) in [6.07, 6.45) is 0. The van der Waals surface area contributed by atoms with Gasteiger partial charge in [0, 0.05) is 6.07 Å². The van der Waals surface area contributed by atoms with E-state index in [0.29, 0.717) is 12.1 Å². The van der Waals surface area contributed by atoms with Gasteiger partial charge >= 0.3 is 17.6 Å². The van der Waals surface area contributed by atoms with Gasteiger partial charge in [0.2, 0.25) is 5.82 Å². The van der Waals surface area contributed by atoms with Crippen LogP contribution < -0.4 is 5.73 Å². The van der Waals surface area contributed by atoms with E-state index in [0.717, 1.165) is 6.07 Å². The fourth-order valence-electron chi connectivity index (χ4n) is 1.43. The van der Waals surface area contributed by atoms with E-state index in [2.05, 4.69) is 4.74 Å². The van der Waals surface area contributed by atoms with Gasteiger partial charge in [0.25, 0.3) is 0 Å². The third-order valence-corrected chi connectivity index (χ3v) is 2.46. The summed E-state index contributed by atoms with van der Waals surface area (Å²) in [5.41, 5.74) is 3.78. The minimum atomic E-state index is -4.08. The van der Waals surface area contributed by atoms with Gasteiger partial charge in [-0.1, -0.05) is 6.07 Å². The van der Waals surface area contributed by atoms with Crippen molar-refractivity contribution in [2.24, 2.45) is 5.73 Å². The number of hydrogen-bond acceptors (Lipinski definition) is 5. The standard InChI is InChI=1S/C11H11F3N2O4.ClH/c1-2-20-10(17)11(13,14)9(15)6-3-4-7(12)8(5-6)16(18)19;/h3-5,9H,2,15H2,1H3;1H/t9-;/m1./s1. The van der Waals surface area contributed by atoms with E-state index in [1.165, 1.54) is 6.92 Å². The fourth-order valence-corrected chi connectivity index (χ4v) is 1.43. The van der Waals surface area contributed by atoms with Crippen LogP contribution in [0.4, 0.5) is 18.9 Å². The summed E-state index contributed by atoms with van der Waals surface area (Å²) in [5.74, 6) is -7.12. The molecule has 0 aliphatic carbocycles. The number of carbonyl (C=O) groups excluding carboxylic acids is 1. The van der Waals surface area contributed by atoms with E-state index in [4.69, 9.17) is 5.73 Å². The zero-order valence-corrected chi connectivity index (χ0v) is 11.5. The number of carbonyl (C=O) groups is 1. The van der Waals surface area contributed by atoms with Crippen molar-refractivity contribution in [1.29, 1.82) is 0 Å². The molecule has 0 bridgehead atoms. The maximum atomic E-state index is 13.7. The Balaban J connectivity index is 0.00000400. The lowest BCUT2D eigenvalue weighted by Crippen LogP contribution is -2.41. The Morgan fingerprint density at radius 2 is 2.10 bits per heavy atom. The maximum absolute atomic E-state index is 13.7. The summed E-state index contributed by atoms with van der Waals surface area (Å²) >= 11 is 0. The molecule has 0 saturated carbocycles. The number of nitrogens with two attached hydrogens (primary N) is 1. The number of hydrogen-bond donors (Lipinski definition) is 1. The number of ether oxygens (including phenoxy) is 1. The summed E-state index contributed by atoms with van der Waals surface area (Å²) in [5, 5.41) is 10.5. The molecule has 2 N–H and O–H groups in total. The molecule has 1 aromatic rings. The Hall–Kier alpha value is -1.87. The Kier molecular flexibility index (Phi) is 6.58. The molecule has 1 atom stereocenters. The van der Waals surface area contributed by atoms with E-state index < -0.39 is 39.9 Å². The molecule has 0 spiro atoms. The first kappa shape index (κ1) is 19.1. The number of rotatable bonds is 5. The first-order chi connectivity index (χ1) is 9.21. The lowest BCUT2D eigenvalue weighted by Gasteiger charge is -2.21. The summed E-state index contributed by atoms with van der Waals surface area (Å²) in [4.78, 5) is 20.6. The van der Waals surface area contributed by atoms with E-state index in [1.54, 1.807) is 0 Å². The third-order valence-electron chi connectivity index (χ3n) is 2.46. The first-order valence-corrected chi connectivity index (χ1v) is 5.46. The molecule has 1 rings (SSSR count). The Labute approximate surface area is 123 Å².